The van der Waals surface area contributed by atoms with E-state index in [1.165, 1.54) is 6.07 Å². The van der Waals surface area contributed by atoms with Gasteiger partial charge in [0.05, 0.1) is 6.61 Å². The van der Waals surface area contributed by atoms with Crippen LogP contribution in [0.1, 0.15) is 16.1 Å². The van der Waals surface area contributed by atoms with E-state index < -0.39 is 29.9 Å². The second kappa shape index (κ2) is 5.87. The summed E-state index contributed by atoms with van der Waals surface area (Å²) in [6.07, 6.45) is -4.43. The van der Waals surface area contributed by atoms with Crippen molar-refractivity contribution in [2.24, 2.45) is 0 Å². The van der Waals surface area contributed by atoms with Crippen molar-refractivity contribution in [1.29, 1.82) is 0 Å². The van der Waals surface area contributed by atoms with E-state index in [1.54, 1.807) is 6.92 Å². The maximum absolute atomic E-state index is 11.8. The van der Waals surface area contributed by atoms with Gasteiger partial charge in [0, 0.05) is 12.2 Å². The molecular formula is C11H12F3NO4. The number of aromatic nitrogens is 1. The SMILES string of the molecule is Cc1ccc(C(=O)O)c(=O)n1CCOCC(F)(F)F. The van der Waals surface area contributed by atoms with Crippen LogP contribution in [0.5, 0.6) is 0 Å². The molecule has 1 heterocycles. The van der Waals surface area contributed by atoms with Crippen LogP contribution in [0, 0.1) is 6.92 Å². The Morgan fingerprint density at radius 1 is 1.42 bits per heavy atom. The number of pyridine rings is 1. The molecule has 0 amide bonds. The predicted molar refractivity (Wildman–Crippen MR) is 59.3 cm³/mol. The van der Waals surface area contributed by atoms with E-state index in [1.807, 2.05) is 0 Å². The van der Waals surface area contributed by atoms with E-state index in [9.17, 15) is 22.8 Å². The first-order chi connectivity index (χ1) is 8.72. The molecule has 0 saturated heterocycles. The molecule has 5 nitrogen and oxygen atoms in total. The number of ether oxygens (including phenoxy) is 1. The normalized spacial score (nSPS) is 11.6. The van der Waals surface area contributed by atoms with Crippen LogP contribution in [-0.4, -0.2) is 35.0 Å². The first-order valence-electron chi connectivity index (χ1n) is 5.30. The Labute approximate surface area is 106 Å². The highest BCUT2D eigenvalue weighted by atomic mass is 19.4. The molecule has 0 aliphatic carbocycles. The van der Waals surface area contributed by atoms with Gasteiger partial charge in [0.1, 0.15) is 12.2 Å². The van der Waals surface area contributed by atoms with E-state index in [4.69, 9.17) is 5.11 Å². The lowest BCUT2D eigenvalue weighted by atomic mass is 10.2. The summed E-state index contributed by atoms with van der Waals surface area (Å²) >= 11 is 0. The number of nitrogens with zero attached hydrogens (tertiary/aromatic N) is 1. The maximum Gasteiger partial charge on any atom is 0.411 e. The minimum atomic E-state index is -4.43. The quantitative estimate of drug-likeness (QED) is 0.828. The zero-order valence-corrected chi connectivity index (χ0v) is 10.0. The van der Waals surface area contributed by atoms with Gasteiger partial charge in [0.15, 0.2) is 0 Å². The average molecular weight is 279 g/mol. The van der Waals surface area contributed by atoms with Gasteiger partial charge in [0.2, 0.25) is 0 Å². The number of hydrogen-bond acceptors (Lipinski definition) is 3. The zero-order valence-electron chi connectivity index (χ0n) is 10.0. The van der Waals surface area contributed by atoms with Crippen molar-refractivity contribution in [3.8, 4) is 0 Å². The van der Waals surface area contributed by atoms with Gasteiger partial charge in [0.25, 0.3) is 5.56 Å². The summed E-state index contributed by atoms with van der Waals surface area (Å²) in [7, 11) is 0. The molecule has 1 rings (SSSR count). The molecular weight excluding hydrogens is 267 g/mol. The Bertz CT molecular complexity index is 522. The third kappa shape index (κ3) is 4.40. The lowest BCUT2D eigenvalue weighted by Crippen LogP contribution is -2.30. The Morgan fingerprint density at radius 3 is 2.58 bits per heavy atom. The van der Waals surface area contributed by atoms with E-state index in [-0.39, 0.29) is 13.2 Å². The Kier molecular flexibility index (Phi) is 4.71. The van der Waals surface area contributed by atoms with Crippen molar-refractivity contribution in [2.45, 2.75) is 19.6 Å². The molecule has 0 spiro atoms. The van der Waals surface area contributed by atoms with Crippen molar-refractivity contribution in [2.75, 3.05) is 13.2 Å². The maximum atomic E-state index is 11.8. The fourth-order valence-corrected chi connectivity index (χ4v) is 1.46. The lowest BCUT2D eigenvalue weighted by Gasteiger charge is -2.12. The van der Waals surface area contributed by atoms with Crippen LogP contribution in [0.2, 0.25) is 0 Å². The summed E-state index contributed by atoms with van der Waals surface area (Å²) in [5.74, 6) is -1.38. The zero-order chi connectivity index (χ0) is 14.6. The molecule has 0 unspecified atom stereocenters. The van der Waals surface area contributed by atoms with E-state index in [2.05, 4.69) is 4.74 Å². The molecule has 0 aromatic carbocycles. The molecule has 0 fully saturated rings. The van der Waals surface area contributed by atoms with Crippen molar-refractivity contribution in [3.05, 3.63) is 33.7 Å². The highest BCUT2D eigenvalue weighted by molar-refractivity contribution is 5.87. The van der Waals surface area contributed by atoms with Gasteiger partial charge >= 0.3 is 12.1 Å². The van der Waals surface area contributed by atoms with Gasteiger partial charge in [-0.3, -0.25) is 4.79 Å². The highest BCUT2D eigenvalue weighted by Gasteiger charge is 2.27. The van der Waals surface area contributed by atoms with Crippen LogP contribution in [0.15, 0.2) is 16.9 Å². The van der Waals surface area contributed by atoms with Crippen LogP contribution in [0.4, 0.5) is 13.2 Å². The van der Waals surface area contributed by atoms with Gasteiger partial charge in [-0.1, -0.05) is 0 Å². The molecule has 0 aliphatic heterocycles. The van der Waals surface area contributed by atoms with E-state index >= 15 is 0 Å². The number of aromatic carboxylic acids is 1. The molecule has 0 saturated carbocycles. The Balaban J connectivity index is 2.76. The number of halogens is 3. The second-order valence-corrected chi connectivity index (χ2v) is 3.82. The standard InChI is InChI=1S/C11H12F3NO4/c1-7-2-3-8(10(17)18)9(16)15(7)4-5-19-6-11(12,13)14/h2-3H,4-6H2,1H3,(H,17,18). The van der Waals surface area contributed by atoms with Crippen molar-refractivity contribution < 1.29 is 27.8 Å². The van der Waals surface area contributed by atoms with Gasteiger partial charge in [-0.25, -0.2) is 4.79 Å². The lowest BCUT2D eigenvalue weighted by molar-refractivity contribution is -0.174. The third-order valence-corrected chi connectivity index (χ3v) is 2.35. The van der Waals surface area contributed by atoms with Gasteiger partial charge < -0.3 is 14.4 Å². The number of alkyl halides is 3. The van der Waals surface area contributed by atoms with Crippen LogP contribution >= 0.6 is 0 Å². The average Bonchev–Trinajstić information content (AvgIpc) is 2.25. The Hall–Kier alpha value is -1.83. The number of aryl methyl sites for hydroxylation is 1. The molecule has 106 valence electrons. The van der Waals surface area contributed by atoms with Gasteiger partial charge in [-0.05, 0) is 19.1 Å². The van der Waals surface area contributed by atoms with Crippen molar-refractivity contribution in [3.63, 3.8) is 0 Å². The predicted octanol–water partition coefficient (Wildman–Crippen LogP) is 1.43. The number of hydrogen-bond donors (Lipinski definition) is 1. The fourth-order valence-electron chi connectivity index (χ4n) is 1.46. The summed E-state index contributed by atoms with van der Waals surface area (Å²) in [6.45, 7) is -0.318. The Morgan fingerprint density at radius 2 is 2.05 bits per heavy atom. The summed E-state index contributed by atoms with van der Waals surface area (Å²) in [4.78, 5) is 22.5. The molecule has 8 heteroatoms. The van der Waals surface area contributed by atoms with Gasteiger partial charge in [-0.2, -0.15) is 13.2 Å². The van der Waals surface area contributed by atoms with Crippen molar-refractivity contribution in [1.82, 2.24) is 4.57 Å². The fraction of sp³-hybridized carbons (Fsp3) is 0.455. The molecule has 0 radical (unpaired) electrons. The van der Waals surface area contributed by atoms with Gasteiger partial charge in [-0.15, -0.1) is 0 Å². The topological polar surface area (TPSA) is 68.5 Å². The highest BCUT2D eigenvalue weighted by Crippen LogP contribution is 2.14. The monoisotopic (exact) mass is 279 g/mol. The number of carboxylic acid groups (broad SMARTS) is 1. The smallest absolute Gasteiger partial charge is 0.411 e. The second-order valence-electron chi connectivity index (χ2n) is 3.82. The largest absolute Gasteiger partial charge is 0.477 e. The van der Waals surface area contributed by atoms with Crippen LogP contribution < -0.4 is 5.56 Å². The first kappa shape index (κ1) is 15.2. The third-order valence-electron chi connectivity index (χ3n) is 2.35. The van der Waals surface area contributed by atoms with Crippen LogP contribution in [0.3, 0.4) is 0 Å². The minimum absolute atomic E-state index is 0.137. The number of carbonyl (C=O) groups is 1. The molecule has 0 atom stereocenters. The van der Waals surface area contributed by atoms with E-state index in [0.29, 0.717) is 5.69 Å². The molecule has 19 heavy (non-hydrogen) atoms. The number of rotatable bonds is 5. The van der Waals surface area contributed by atoms with Crippen LogP contribution in [0.25, 0.3) is 0 Å². The first-order valence-corrected chi connectivity index (χ1v) is 5.30. The summed E-state index contributed by atoms with van der Waals surface area (Å²) in [5, 5.41) is 8.77. The molecule has 0 bridgehead atoms. The summed E-state index contributed by atoms with van der Waals surface area (Å²) < 4.78 is 41.0. The van der Waals surface area contributed by atoms with Crippen molar-refractivity contribution >= 4 is 5.97 Å². The molecule has 1 aromatic heterocycles. The molecule has 1 aromatic rings. The van der Waals surface area contributed by atoms with Crippen LogP contribution in [-0.2, 0) is 11.3 Å². The summed E-state index contributed by atoms with van der Waals surface area (Å²) in [6, 6.07) is 2.57. The summed E-state index contributed by atoms with van der Waals surface area (Å²) in [5.41, 5.74) is -0.741. The van der Waals surface area contributed by atoms with E-state index in [0.717, 1.165) is 10.6 Å². The molecule has 0 aliphatic rings. The minimum Gasteiger partial charge on any atom is -0.477 e. The molecule has 1 N–H and O–H groups in total. The number of carboxylic acids is 1.